The number of methoxy groups -OCH3 is 1. The van der Waals surface area contributed by atoms with Gasteiger partial charge in [-0.05, 0) is 0 Å². The number of benzene rings is 1. The molecule has 22 heavy (non-hydrogen) atoms. The van der Waals surface area contributed by atoms with Crippen molar-refractivity contribution in [1.82, 2.24) is 5.32 Å². The maximum absolute atomic E-state index is 11.6. The number of rotatable bonds is 2. The number of ether oxygens (including phenoxy) is 5. The Morgan fingerprint density at radius 1 is 1.18 bits per heavy atom. The Bertz CT molecular complexity index is 552. The van der Waals surface area contributed by atoms with E-state index in [2.05, 4.69) is 5.32 Å². The van der Waals surface area contributed by atoms with Gasteiger partial charge in [-0.3, -0.25) is 0 Å². The highest BCUT2D eigenvalue weighted by atomic mass is 16.8. The van der Waals surface area contributed by atoms with E-state index in [9.17, 15) is 4.79 Å². The maximum Gasteiger partial charge on any atom is 0.408 e. The highest BCUT2D eigenvalue weighted by molar-refractivity contribution is 5.70. The molecule has 7 heteroatoms. The molecule has 0 radical (unpaired) electrons. The molecule has 0 aromatic heterocycles. The lowest BCUT2D eigenvalue weighted by atomic mass is 9.96. The number of carbonyl (C=O) groups is 1. The van der Waals surface area contributed by atoms with Crippen molar-refractivity contribution < 1.29 is 28.5 Å². The van der Waals surface area contributed by atoms with Crippen molar-refractivity contribution >= 4 is 6.09 Å². The van der Waals surface area contributed by atoms with E-state index in [1.165, 1.54) is 7.11 Å². The molecule has 1 aromatic rings. The zero-order chi connectivity index (χ0) is 15.1. The Morgan fingerprint density at radius 3 is 2.77 bits per heavy atom. The predicted octanol–water partition coefficient (Wildman–Crippen LogP) is 0.949. The van der Waals surface area contributed by atoms with E-state index in [-0.39, 0.29) is 12.1 Å². The summed E-state index contributed by atoms with van der Waals surface area (Å²) in [5, 5.41) is 2.71. The summed E-state index contributed by atoms with van der Waals surface area (Å²) in [6.45, 7) is 0.352. The lowest BCUT2D eigenvalue weighted by Crippen LogP contribution is -2.62. The molecule has 1 aromatic carbocycles. The third-order valence-corrected chi connectivity index (χ3v) is 4.17. The average molecular weight is 307 g/mol. The van der Waals surface area contributed by atoms with Crippen LogP contribution in [0.4, 0.5) is 4.79 Å². The van der Waals surface area contributed by atoms with Gasteiger partial charge in [0.15, 0.2) is 18.7 Å². The molecule has 0 spiro atoms. The fourth-order valence-corrected chi connectivity index (χ4v) is 3.14. The van der Waals surface area contributed by atoms with Crippen molar-refractivity contribution in [2.45, 2.75) is 36.9 Å². The van der Waals surface area contributed by atoms with Crippen LogP contribution in [0.2, 0.25) is 0 Å². The van der Waals surface area contributed by atoms with Crippen LogP contribution in [0.5, 0.6) is 0 Å². The van der Waals surface area contributed by atoms with Crippen LogP contribution in [-0.2, 0) is 23.7 Å². The van der Waals surface area contributed by atoms with Gasteiger partial charge in [0.05, 0.1) is 6.61 Å². The largest absolute Gasteiger partial charge is 0.441 e. The number of fused-ring (bicyclic) bond motifs is 3. The quantitative estimate of drug-likeness (QED) is 0.877. The molecule has 0 bridgehead atoms. The molecule has 7 nitrogen and oxygen atoms in total. The highest BCUT2D eigenvalue weighted by Crippen LogP contribution is 2.36. The highest BCUT2D eigenvalue weighted by Gasteiger charge is 2.55. The molecule has 0 aliphatic carbocycles. The first-order valence-corrected chi connectivity index (χ1v) is 7.23. The molecule has 3 fully saturated rings. The standard InChI is InChI=1S/C15H17NO6/c1-18-14-10-12(22-15(17)16-10)11-9(20-14)7-19-13(21-11)8-5-3-2-4-6-8/h2-6,9-14H,7H2,1H3,(H,16,17)/t9?,10?,11-,12-,13?,14+/m1/s1. The molecule has 3 heterocycles. The number of nitrogens with one attached hydrogen (secondary N) is 1. The van der Waals surface area contributed by atoms with Crippen LogP contribution in [0.15, 0.2) is 30.3 Å². The molecule has 118 valence electrons. The van der Waals surface area contributed by atoms with E-state index in [1.54, 1.807) is 0 Å². The molecular weight excluding hydrogens is 290 g/mol. The third kappa shape index (κ3) is 2.26. The first kappa shape index (κ1) is 14.0. The third-order valence-electron chi connectivity index (χ3n) is 4.17. The van der Waals surface area contributed by atoms with Crippen molar-refractivity contribution in [1.29, 1.82) is 0 Å². The van der Waals surface area contributed by atoms with Gasteiger partial charge < -0.3 is 29.0 Å². The molecule has 1 amide bonds. The molecule has 4 rings (SSSR count). The van der Waals surface area contributed by atoms with Crippen LogP contribution in [0.1, 0.15) is 11.9 Å². The van der Waals surface area contributed by atoms with Gasteiger partial charge in [-0.2, -0.15) is 0 Å². The lowest BCUT2D eigenvalue weighted by Gasteiger charge is -2.45. The Labute approximate surface area is 127 Å². The summed E-state index contributed by atoms with van der Waals surface area (Å²) < 4.78 is 28.2. The minimum absolute atomic E-state index is 0.334. The summed E-state index contributed by atoms with van der Waals surface area (Å²) in [4.78, 5) is 11.6. The maximum atomic E-state index is 11.6. The molecule has 3 aliphatic heterocycles. The van der Waals surface area contributed by atoms with Crippen molar-refractivity contribution in [3.8, 4) is 0 Å². The van der Waals surface area contributed by atoms with Crippen molar-refractivity contribution in [2.24, 2.45) is 0 Å². The van der Waals surface area contributed by atoms with E-state index < -0.39 is 30.9 Å². The zero-order valence-corrected chi connectivity index (χ0v) is 12.0. The molecular formula is C15H17NO6. The molecule has 0 saturated carbocycles. The van der Waals surface area contributed by atoms with Crippen LogP contribution in [0, 0.1) is 0 Å². The molecule has 1 N–H and O–H groups in total. The number of amides is 1. The van der Waals surface area contributed by atoms with Crippen LogP contribution in [-0.4, -0.2) is 50.5 Å². The first-order chi connectivity index (χ1) is 10.8. The van der Waals surface area contributed by atoms with Crippen LogP contribution in [0.3, 0.4) is 0 Å². The zero-order valence-electron chi connectivity index (χ0n) is 12.0. The fraction of sp³-hybridized carbons (Fsp3) is 0.533. The number of hydrogen-bond acceptors (Lipinski definition) is 6. The summed E-state index contributed by atoms with van der Waals surface area (Å²) in [5.41, 5.74) is 0.920. The number of carbonyl (C=O) groups excluding carboxylic acids is 1. The smallest absolute Gasteiger partial charge is 0.408 e. The Morgan fingerprint density at radius 2 is 2.00 bits per heavy atom. The van der Waals surface area contributed by atoms with Gasteiger partial charge >= 0.3 is 6.09 Å². The molecule has 3 unspecified atom stereocenters. The van der Waals surface area contributed by atoms with E-state index >= 15 is 0 Å². The second-order valence-corrected chi connectivity index (χ2v) is 5.50. The SMILES string of the molecule is CO[C@H]1OC2COC(c3ccccc3)O[C@H]2[C@@H]2OC(=O)NC12. The summed E-state index contributed by atoms with van der Waals surface area (Å²) in [6.07, 6.45) is -2.73. The lowest BCUT2D eigenvalue weighted by molar-refractivity contribution is -0.334. The molecule has 3 saturated heterocycles. The summed E-state index contributed by atoms with van der Waals surface area (Å²) in [6, 6.07) is 9.26. The van der Waals surface area contributed by atoms with Gasteiger partial charge in [-0.25, -0.2) is 4.79 Å². The van der Waals surface area contributed by atoms with Crippen LogP contribution in [0.25, 0.3) is 0 Å². The topological polar surface area (TPSA) is 75.2 Å². The summed E-state index contributed by atoms with van der Waals surface area (Å²) >= 11 is 0. The normalized spacial score (nSPS) is 40.3. The van der Waals surface area contributed by atoms with E-state index in [0.717, 1.165) is 5.56 Å². The van der Waals surface area contributed by atoms with E-state index in [1.807, 2.05) is 30.3 Å². The van der Waals surface area contributed by atoms with Crippen molar-refractivity contribution in [2.75, 3.05) is 13.7 Å². The summed E-state index contributed by atoms with van der Waals surface area (Å²) in [5.74, 6) is 0. The Hall–Kier alpha value is -1.67. The van der Waals surface area contributed by atoms with Gasteiger partial charge in [0.25, 0.3) is 0 Å². The number of hydrogen-bond donors (Lipinski definition) is 1. The Balaban J connectivity index is 1.56. The van der Waals surface area contributed by atoms with Crippen LogP contribution >= 0.6 is 0 Å². The average Bonchev–Trinajstić information content (AvgIpc) is 2.96. The van der Waals surface area contributed by atoms with Gasteiger partial charge in [0.1, 0.15) is 18.2 Å². The van der Waals surface area contributed by atoms with Crippen LogP contribution < -0.4 is 5.32 Å². The van der Waals surface area contributed by atoms with E-state index in [4.69, 9.17) is 23.7 Å². The van der Waals surface area contributed by atoms with Gasteiger partial charge in [-0.1, -0.05) is 30.3 Å². The first-order valence-electron chi connectivity index (χ1n) is 7.23. The van der Waals surface area contributed by atoms with E-state index in [0.29, 0.717) is 6.61 Å². The molecule has 6 atom stereocenters. The van der Waals surface area contributed by atoms with Gasteiger partial charge in [0.2, 0.25) is 0 Å². The van der Waals surface area contributed by atoms with Crippen molar-refractivity contribution in [3.63, 3.8) is 0 Å². The monoisotopic (exact) mass is 307 g/mol. The Kier molecular flexibility index (Phi) is 3.50. The molecule has 3 aliphatic rings. The van der Waals surface area contributed by atoms with Gasteiger partial charge in [0, 0.05) is 12.7 Å². The number of alkyl carbamates (subject to hydrolysis) is 1. The fourth-order valence-electron chi connectivity index (χ4n) is 3.14. The predicted molar refractivity (Wildman–Crippen MR) is 72.9 cm³/mol. The second kappa shape index (κ2) is 5.51. The van der Waals surface area contributed by atoms with Crippen molar-refractivity contribution in [3.05, 3.63) is 35.9 Å². The minimum atomic E-state index is -0.571. The second-order valence-electron chi connectivity index (χ2n) is 5.50. The minimum Gasteiger partial charge on any atom is -0.441 e. The summed E-state index contributed by atoms with van der Waals surface area (Å²) in [7, 11) is 1.53. The van der Waals surface area contributed by atoms with Gasteiger partial charge in [-0.15, -0.1) is 0 Å².